The highest BCUT2D eigenvalue weighted by Gasteiger charge is 2.20. The molecule has 7 nitrogen and oxygen atoms in total. The van der Waals surface area contributed by atoms with Gasteiger partial charge in [0.05, 0.1) is 16.5 Å². The molecule has 30 heavy (non-hydrogen) atoms. The minimum atomic E-state index is 0.131. The molecule has 0 unspecified atom stereocenters. The zero-order valence-corrected chi connectivity index (χ0v) is 17.5. The summed E-state index contributed by atoms with van der Waals surface area (Å²) in [6, 6.07) is 13.7. The minimum absolute atomic E-state index is 0.131. The van der Waals surface area contributed by atoms with Gasteiger partial charge >= 0.3 is 0 Å². The summed E-state index contributed by atoms with van der Waals surface area (Å²) in [6.45, 7) is 4.13. The van der Waals surface area contributed by atoms with E-state index in [-0.39, 0.29) is 5.91 Å². The van der Waals surface area contributed by atoms with Gasteiger partial charge in [-0.2, -0.15) is 10.2 Å². The predicted molar refractivity (Wildman–Crippen MR) is 114 cm³/mol. The van der Waals surface area contributed by atoms with Gasteiger partial charge in [-0.15, -0.1) is 11.3 Å². The van der Waals surface area contributed by atoms with E-state index in [1.807, 2.05) is 46.7 Å². The Balaban J connectivity index is 1.25. The Morgan fingerprint density at radius 2 is 2.03 bits per heavy atom. The predicted octanol–water partition coefficient (Wildman–Crippen LogP) is 3.34. The van der Waals surface area contributed by atoms with E-state index >= 15 is 0 Å². The minimum Gasteiger partial charge on any atom is -0.341 e. The van der Waals surface area contributed by atoms with Crippen LogP contribution in [0.2, 0.25) is 0 Å². The lowest BCUT2D eigenvalue weighted by atomic mass is 10.1. The first kappa shape index (κ1) is 20.3. The number of carbonyl (C=O) groups is 1. The van der Waals surface area contributed by atoms with E-state index in [0.717, 1.165) is 44.0 Å². The first-order chi connectivity index (χ1) is 14.7. The summed E-state index contributed by atoms with van der Waals surface area (Å²) in [5.41, 5.74) is 1.86. The van der Waals surface area contributed by atoms with Gasteiger partial charge in [0.1, 0.15) is 0 Å². The molecule has 3 heterocycles. The van der Waals surface area contributed by atoms with E-state index in [1.54, 1.807) is 11.3 Å². The van der Waals surface area contributed by atoms with E-state index in [2.05, 4.69) is 21.1 Å². The SMILES string of the molecule is N#Cc1ccc(CN2CCCN(C(=O)CCc3nc(-c4cccs4)no3)CC2)cc1. The molecule has 8 heteroatoms. The molecule has 3 aromatic rings. The van der Waals surface area contributed by atoms with Crippen molar-refractivity contribution in [2.24, 2.45) is 0 Å². The third-order valence-corrected chi connectivity index (χ3v) is 6.06. The van der Waals surface area contributed by atoms with Crippen LogP contribution in [0.25, 0.3) is 10.7 Å². The van der Waals surface area contributed by atoms with E-state index < -0.39 is 0 Å². The maximum absolute atomic E-state index is 12.7. The molecular formula is C22H23N5O2S. The number of hydrogen-bond donors (Lipinski definition) is 0. The van der Waals surface area contributed by atoms with Crippen molar-refractivity contribution in [1.82, 2.24) is 19.9 Å². The molecule has 0 spiro atoms. The van der Waals surface area contributed by atoms with Gasteiger partial charge in [0.25, 0.3) is 0 Å². The molecule has 4 rings (SSSR count). The highest BCUT2D eigenvalue weighted by molar-refractivity contribution is 7.13. The van der Waals surface area contributed by atoms with Crippen LogP contribution in [-0.2, 0) is 17.8 Å². The number of rotatable bonds is 6. The first-order valence-electron chi connectivity index (χ1n) is 10.1. The topological polar surface area (TPSA) is 86.3 Å². The van der Waals surface area contributed by atoms with Crippen LogP contribution in [0.15, 0.2) is 46.3 Å². The molecule has 0 radical (unpaired) electrons. The molecule has 0 N–H and O–H groups in total. The van der Waals surface area contributed by atoms with Gasteiger partial charge in [-0.1, -0.05) is 23.4 Å². The van der Waals surface area contributed by atoms with Crippen LogP contribution in [0.4, 0.5) is 0 Å². The van der Waals surface area contributed by atoms with Crippen molar-refractivity contribution in [3.63, 3.8) is 0 Å². The van der Waals surface area contributed by atoms with E-state index in [4.69, 9.17) is 9.78 Å². The van der Waals surface area contributed by atoms with Crippen LogP contribution in [0.5, 0.6) is 0 Å². The van der Waals surface area contributed by atoms with E-state index in [1.165, 1.54) is 5.56 Å². The van der Waals surface area contributed by atoms with Crippen LogP contribution >= 0.6 is 11.3 Å². The Morgan fingerprint density at radius 1 is 1.17 bits per heavy atom. The normalized spacial score (nSPS) is 15.0. The Labute approximate surface area is 179 Å². The molecule has 0 aliphatic carbocycles. The van der Waals surface area contributed by atoms with Crippen molar-refractivity contribution in [2.75, 3.05) is 26.2 Å². The van der Waals surface area contributed by atoms with Crippen molar-refractivity contribution in [3.05, 3.63) is 58.8 Å². The van der Waals surface area contributed by atoms with Crippen molar-refractivity contribution < 1.29 is 9.32 Å². The molecule has 1 amide bonds. The Bertz CT molecular complexity index is 1010. The largest absolute Gasteiger partial charge is 0.341 e. The Hall–Kier alpha value is -3.02. The second-order valence-corrected chi connectivity index (χ2v) is 8.26. The third-order valence-electron chi connectivity index (χ3n) is 5.19. The maximum atomic E-state index is 12.7. The molecule has 1 aliphatic heterocycles. The van der Waals surface area contributed by atoms with Crippen molar-refractivity contribution in [2.45, 2.75) is 25.8 Å². The van der Waals surface area contributed by atoms with Gasteiger partial charge in [0, 0.05) is 45.6 Å². The van der Waals surface area contributed by atoms with Crippen LogP contribution in [-0.4, -0.2) is 52.0 Å². The van der Waals surface area contributed by atoms with Gasteiger partial charge in [0.2, 0.25) is 17.6 Å². The fourth-order valence-electron chi connectivity index (χ4n) is 3.56. The monoisotopic (exact) mass is 421 g/mol. The van der Waals surface area contributed by atoms with Gasteiger partial charge in [-0.25, -0.2) is 0 Å². The fraction of sp³-hybridized carbons (Fsp3) is 0.364. The summed E-state index contributed by atoms with van der Waals surface area (Å²) in [7, 11) is 0. The van der Waals surface area contributed by atoms with Gasteiger partial charge in [-0.3, -0.25) is 9.69 Å². The molecule has 1 saturated heterocycles. The lowest BCUT2D eigenvalue weighted by molar-refractivity contribution is -0.131. The Morgan fingerprint density at radius 3 is 2.80 bits per heavy atom. The van der Waals surface area contributed by atoms with Crippen LogP contribution in [0.1, 0.15) is 29.9 Å². The number of benzene rings is 1. The summed E-state index contributed by atoms with van der Waals surface area (Å²) in [6.07, 6.45) is 1.79. The third kappa shape index (κ3) is 5.12. The van der Waals surface area contributed by atoms with Crippen molar-refractivity contribution in [1.29, 1.82) is 5.26 Å². The second kappa shape index (κ2) is 9.65. The van der Waals surface area contributed by atoms with Crippen LogP contribution in [0, 0.1) is 11.3 Å². The fourth-order valence-corrected chi connectivity index (χ4v) is 4.20. The molecule has 1 aromatic carbocycles. The summed E-state index contributed by atoms with van der Waals surface area (Å²) in [5, 5.41) is 14.9. The zero-order valence-electron chi connectivity index (χ0n) is 16.7. The molecule has 154 valence electrons. The summed E-state index contributed by atoms with van der Waals surface area (Å²) in [4.78, 5) is 22.3. The molecule has 1 fully saturated rings. The Kier molecular flexibility index (Phi) is 6.52. The number of thiophene rings is 1. The maximum Gasteiger partial charge on any atom is 0.227 e. The molecular weight excluding hydrogens is 398 g/mol. The standard InChI is InChI=1S/C22H23N5O2S/c23-15-17-4-6-18(7-5-17)16-26-10-2-11-27(13-12-26)21(28)9-8-20-24-22(25-29-20)19-3-1-14-30-19/h1,3-7,14H,2,8-13,16H2. The number of aromatic nitrogens is 2. The lowest BCUT2D eigenvalue weighted by Gasteiger charge is -2.22. The van der Waals surface area contributed by atoms with Gasteiger partial charge in [0.15, 0.2) is 0 Å². The summed E-state index contributed by atoms with van der Waals surface area (Å²) in [5.74, 6) is 1.22. The number of amides is 1. The van der Waals surface area contributed by atoms with Crippen molar-refractivity contribution in [3.8, 4) is 16.8 Å². The first-order valence-corrected chi connectivity index (χ1v) is 10.9. The number of nitriles is 1. The molecule has 0 bridgehead atoms. The smallest absolute Gasteiger partial charge is 0.227 e. The van der Waals surface area contributed by atoms with Crippen LogP contribution < -0.4 is 0 Å². The second-order valence-electron chi connectivity index (χ2n) is 7.31. The summed E-state index contributed by atoms with van der Waals surface area (Å²) < 4.78 is 5.30. The van der Waals surface area contributed by atoms with Crippen LogP contribution in [0.3, 0.4) is 0 Å². The molecule has 2 aromatic heterocycles. The quantitative estimate of drug-likeness (QED) is 0.607. The number of nitrogens with zero attached hydrogens (tertiary/aromatic N) is 5. The van der Waals surface area contributed by atoms with E-state index in [9.17, 15) is 4.79 Å². The van der Waals surface area contributed by atoms with Crippen molar-refractivity contribution >= 4 is 17.2 Å². The number of hydrogen-bond acceptors (Lipinski definition) is 7. The average Bonchev–Trinajstić information content (AvgIpc) is 3.41. The average molecular weight is 422 g/mol. The number of aryl methyl sites for hydroxylation is 1. The highest BCUT2D eigenvalue weighted by atomic mass is 32.1. The zero-order chi connectivity index (χ0) is 20.8. The van der Waals surface area contributed by atoms with Gasteiger partial charge < -0.3 is 9.42 Å². The highest BCUT2D eigenvalue weighted by Crippen LogP contribution is 2.21. The van der Waals surface area contributed by atoms with E-state index in [0.29, 0.717) is 30.1 Å². The summed E-state index contributed by atoms with van der Waals surface area (Å²) >= 11 is 1.56. The molecule has 1 aliphatic rings. The molecule has 0 saturated carbocycles. The van der Waals surface area contributed by atoms with Gasteiger partial charge in [-0.05, 0) is 35.6 Å². The lowest BCUT2D eigenvalue weighted by Crippen LogP contribution is -2.35. The molecule has 0 atom stereocenters. The number of carbonyl (C=O) groups excluding carboxylic acids is 1.